The number of ether oxygens (including phenoxy) is 2. The zero-order valence-electron chi connectivity index (χ0n) is 13.9. The lowest BCUT2D eigenvalue weighted by atomic mass is 9.81. The quantitative estimate of drug-likeness (QED) is 0.527. The predicted octanol–water partition coefficient (Wildman–Crippen LogP) is 2.05. The third kappa shape index (κ3) is 2.19. The Balaban J connectivity index is 2.72. The number of methoxy groups -OCH3 is 2. The molecule has 0 atom stereocenters. The lowest BCUT2D eigenvalue weighted by Crippen LogP contribution is -2.62. The average molecular weight is 307 g/mol. The summed E-state index contributed by atoms with van der Waals surface area (Å²) in [6.45, 7) is 7.22. The zero-order chi connectivity index (χ0) is 16.7. The Bertz CT molecular complexity index is 660. The van der Waals surface area contributed by atoms with Gasteiger partial charge in [0.1, 0.15) is 11.5 Å². The van der Waals surface area contributed by atoms with Crippen molar-refractivity contribution in [2.45, 2.75) is 38.8 Å². The van der Waals surface area contributed by atoms with Gasteiger partial charge >= 0.3 is 0 Å². The molecule has 0 amide bonds. The van der Waals surface area contributed by atoms with Crippen molar-refractivity contribution in [3.8, 4) is 11.5 Å². The Kier molecular flexibility index (Phi) is 3.81. The second-order valence-corrected chi connectivity index (χ2v) is 6.34. The van der Waals surface area contributed by atoms with Gasteiger partial charge in [0.2, 0.25) is 5.54 Å². The molecule has 1 aliphatic heterocycles. The SMILES string of the molecule is COc1ccc(OC)c(C2=[N+]([O-])C(C)(C)C(C)(C)[N+](O)=C2)c1. The van der Waals surface area contributed by atoms with Crippen molar-refractivity contribution in [3.63, 3.8) is 0 Å². The molecule has 0 radical (unpaired) electrons. The maximum Gasteiger partial charge on any atom is 0.291 e. The predicted molar refractivity (Wildman–Crippen MR) is 83.6 cm³/mol. The van der Waals surface area contributed by atoms with Gasteiger partial charge in [0, 0.05) is 27.7 Å². The van der Waals surface area contributed by atoms with E-state index in [0.29, 0.717) is 22.8 Å². The lowest BCUT2D eigenvalue weighted by Gasteiger charge is -2.35. The number of hydrogen-bond acceptors (Lipinski definition) is 4. The molecule has 0 bridgehead atoms. The molecule has 6 heteroatoms. The average Bonchev–Trinajstić information content (AvgIpc) is 2.49. The van der Waals surface area contributed by atoms with Gasteiger partial charge in [-0.2, -0.15) is 4.74 Å². The Labute approximate surface area is 130 Å². The Morgan fingerprint density at radius 3 is 2.23 bits per heavy atom. The highest BCUT2D eigenvalue weighted by molar-refractivity contribution is 6.35. The largest absolute Gasteiger partial charge is 0.623 e. The summed E-state index contributed by atoms with van der Waals surface area (Å²) in [6, 6.07) is 5.21. The minimum atomic E-state index is -0.847. The second-order valence-electron chi connectivity index (χ2n) is 6.34. The number of benzene rings is 1. The molecule has 0 saturated heterocycles. The van der Waals surface area contributed by atoms with Gasteiger partial charge in [-0.15, -0.1) is 0 Å². The molecule has 6 nitrogen and oxygen atoms in total. The Morgan fingerprint density at radius 1 is 1.05 bits per heavy atom. The molecular formula is C16H23N2O4+. The van der Waals surface area contributed by atoms with Crippen LogP contribution in [0.1, 0.15) is 33.3 Å². The van der Waals surface area contributed by atoms with Crippen LogP contribution in [0.4, 0.5) is 0 Å². The van der Waals surface area contributed by atoms with Crippen LogP contribution in [0.5, 0.6) is 11.5 Å². The topological polar surface area (TPSA) is 67.8 Å². The fourth-order valence-electron chi connectivity index (χ4n) is 2.35. The van der Waals surface area contributed by atoms with Gasteiger partial charge in [0.25, 0.3) is 17.5 Å². The van der Waals surface area contributed by atoms with Crippen LogP contribution in [0.3, 0.4) is 0 Å². The highest BCUT2D eigenvalue weighted by Crippen LogP contribution is 2.32. The fourth-order valence-corrected chi connectivity index (χ4v) is 2.35. The van der Waals surface area contributed by atoms with Crippen LogP contribution < -0.4 is 9.47 Å². The maximum atomic E-state index is 12.9. The van der Waals surface area contributed by atoms with E-state index in [-0.39, 0.29) is 0 Å². The van der Waals surface area contributed by atoms with E-state index >= 15 is 0 Å². The van der Waals surface area contributed by atoms with Crippen molar-refractivity contribution in [2.75, 3.05) is 14.2 Å². The molecule has 1 aromatic rings. The highest BCUT2D eigenvalue weighted by atomic mass is 16.5. The first kappa shape index (κ1) is 16.1. The summed E-state index contributed by atoms with van der Waals surface area (Å²) in [5, 5.41) is 23.2. The van der Waals surface area contributed by atoms with E-state index in [9.17, 15) is 10.4 Å². The number of hydrogen-bond donors (Lipinski definition) is 1. The number of rotatable bonds is 3. The van der Waals surface area contributed by atoms with Crippen LogP contribution in [0.2, 0.25) is 0 Å². The van der Waals surface area contributed by atoms with Gasteiger partial charge in [0.05, 0.1) is 19.8 Å². The van der Waals surface area contributed by atoms with Crippen LogP contribution in [-0.4, -0.2) is 51.9 Å². The molecule has 0 aromatic heterocycles. The minimum absolute atomic E-state index is 0.322. The van der Waals surface area contributed by atoms with E-state index in [1.54, 1.807) is 39.2 Å². The van der Waals surface area contributed by atoms with Gasteiger partial charge in [-0.3, -0.25) is 5.21 Å². The summed E-state index contributed by atoms with van der Waals surface area (Å²) >= 11 is 0. The zero-order valence-corrected chi connectivity index (χ0v) is 13.9. The molecule has 0 unspecified atom stereocenters. The molecule has 1 aliphatic rings. The van der Waals surface area contributed by atoms with Crippen molar-refractivity contribution in [3.05, 3.63) is 29.0 Å². The molecule has 1 N–H and O–H groups in total. The van der Waals surface area contributed by atoms with Gasteiger partial charge in [0.15, 0.2) is 0 Å². The van der Waals surface area contributed by atoms with Crippen molar-refractivity contribution < 1.29 is 24.2 Å². The molecule has 22 heavy (non-hydrogen) atoms. The summed E-state index contributed by atoms with van der Waals surface area (Å²) in [4.78, 5) is 0. The molecule has 0 spiro atoms. The fraction of sp³-hybridized carbons (Fsp3) is 0.500. The maximum absolute atomic E-state index is 12.9. The van der Waals surface area contributed by atoms with Crippen molar-refractivity contribution in [2.24, 2.45) is 0 Å². The van der Waals surface area contributed by atoms with E-state index < -0.39 is 11.1 Å². The highest BCUT2D eigenvalue weighted by Gasteiger charge is 2.58. The molecule has 0 fully saturated rings. The monoisotopic (exact) mass is 307 g/mol. The van der Waals surface area contributed by atoms with E-state index in [1.165, 1.54) is 13.3 Å². The van der Waals surface area contributed by atoms with Crippen LogP contribution in [0.25, 0.3) is 0 Å². The number of hydroxylamine groups is 2. The van der Waals surface area contributed by atoms with Crippen molar-refractivity contribution in [1.82, 2.24) is 0 Å². The first-order valence-corrected chi connectivity index (χ1v) is 7.06. The van der Waals surface area contributed by atoms with Crippen LogP contribution in [0.15, 0.2) is 18.2 Å². The summed E-state index contributed by atoms with van der Waals surface area (Å²) in [5.74, 6) is 1.15. The van der Waals surface area contributed by atoms with Crippen LogP contribution in [0, 0.1) is 5.21 Å². The van der Waals surface area contributed by atoms with Crippen LogP contribution in [-0.2, 0) is 0 Å². The van der Waals surface area contributed by atoms with Crippen molar-refractivity contribution in [1.29, 1.82) is 0 Å². The molecule has 120 valence electrons. The standard InChI is InChI=1S/C16H23N2O4/c1-15(2)16(3,4)18(20)13(10-17(15)19)12-9-11(21-5)7-8-14(12)22-6/h7-10,19H,1-6H3/q+1. The second kappa shape index (κ2) is 5.19. The van der Waals surface area contributed by atoms with E-state index in [1.807, 2.05) is 13.8 Å². The Hall–Kier alpha value is -2.24. The van der Waals surface area contributed by atoms with Crippen molar-refractivity contribution >= 4 is 11.9 Å². The molecule has 0 saturated carbocycles. The van der Waals surface area contributed by atoms with Gasteiger partial charge in [-0.1, -0.05) is 0 Å². The number of nitrogens with zero attached hydrogens (tertiary/aromatic N) is 2. The summed E-state index contributed by atoms with van der Waals surface area (Å²) in [7, 11) is 3.09. The summed E-state index contributed by atoms with van der Waals surface area (Å²) in [5.41, 5.74) is -0.702. The van der Waals surface area contributed by atoms with E-state index in [0.717, 1.165) is 9.48 Å². The smallest absolute Gasteiger partial charge is 0.291 e. The lowest BCUT2D eigenvalue weighted by molar-refractivity contribution is -0.851. The van der Waals surface area contributed by atoms with Gasteiger partial charge < -0.3 is 14.7 Å². The van der Waals surface area contributed by atoms with E-state index in [2.05, 4.69) is 0 Å². The molecule has 0 aliphatic carbocycles. The van der Waals surface area contributed by atoms with Gasteiger partial charge in [-0.25, -0.2) is 0 Å². The summed E-state index contributed by atoms with van der Waals surface area (Å²) in [6.07, 6.45) is 1.43. The first-order valence-electron chi connectivity index (χ1n) is 7.06. The Morgan fingerprint density at radius 2 is 1.68 bits per heavy atom. The third-order valence-corrected chi connectivity index (χ3v) is 4.72. The third-order valence-electron chi connectivity index (χ3n) is 4.72. The molecule has 1 heterocycles. The summed E-state index contributed by atoms with van der Waals surface area (Å²) < 4.78 is 12.6. The van der Waals surface area contributed by atoms with E-state index in [4.69, 9.17) is 9.47 Å². The molecular weight excluding hydrogens is 284 g/mol. The normalized spacial score (nSPS) is 19.6. The molecule has 2 rings (SSSR count). The van der Waals surface area contributed by atoms with Crippen LogP contribution >= 0.6 is 0 Å². The van der Waals surface area contributed by atoms with Gasteiger partial charge in [-0.05, 0) is 22.9 Å². The first-order chi connectivity index (χ1) is 10.2. The molecule has 1 aromatic carbocycles. The minimum Gasteiger partial charge on any atom is -0.623 e.